The first-order valence-corrected chi connectivity index (χ1v) is 8.88. The van der Waals surface area contributed by atoms with Gasteiger partial charge in [-0.25, -0.2) is 18.7 Å². The average molecular weight is 394 g/mol. The van der Waals surface area contributed by atoms with Gasteiger partial charge in [0.1, 0.15) is 11.6 Å². The maximum Gasteiger partial charge on any atom is 0.434 e. The van der Waals surface area contributed by atoms with Gasteiger partial charge in [-0.2, -0.15) is 0 Å². The Morgan fingerprint density at radius 2 is 2.21 bits per heavy atom. The number of amides is 2. The average Bonchev–Trinajstić information content (AvgIpc) is 3.07. The Balaban J connectivity index is 1.73. The maximum absolute atomic E-state index is 14.2. The van der Waals surface area contributed by atoms with Crippen molar-refractivity contribution < 1.29 is 22.8 Å². The smallest absolute Gasteiger partial charge is 0.392 e. The van der Waals surface area contributed by atoms with Crippen molar-refractivity contribution in [1.29, 1.82) is 0 Å². The van der Waals surface area contributed by atoms with Crippen LogP contribution in [0.2, 0.25) is 0 Å². The summed E-state index contributed by atoms with van der Waals surface area (Å²) in [5, 5.41) is 8.56. The molecule has 0 bridgehead atoms. The molecule has 2 aromatic rings. The zero-order valence-corrected chi connectivity index (χ0v) is 15.2. The van der Waals surface area contributed by atoms with Gasteiger partial charge in [-0.15, -0.1) is 5.10 Å². The maximum atomic E-state index is 14.2. The molecule has 2 heterocycles. The molecule has 1 aliphatic rings. The molecule has 1 fully saturated rings. The molecule has 1 aromatic carbocycles. The molecule has 150 valence electrons. The second kappa shape index (κ2) is 8.32. The Morgan fingerprint density at radius 1 is 1.43 bits per heavy atom. The molecule has 28 heavy (non-hydrogen) atoms. The van der Waals surface area contributed by atoms with Crippen molar-refractivity contribution in [3.63, 3.8) is 0 Å². The van der Waals surface area contributed by atoms with E-state index in [2.05, 4.69) is 15.5 Å². The van der Waals surface area contributed by atoms with Crippen LogP contribution in [0, 0.1) is 11.6 Å². The molecule has 1 saturated heterocycles. The number of likely N-dealkylation sites (tertiary alicyclic amines) is 1. The second-order valence-electron chi connectivity index (χ2n) is 6.75. The van der Waals surface area contributed by atoms with Crippen LogP contribution in [0.1, 0.15) is 49.6 Å². The van der Waals surface area contributed by atoms with Gasteiger partial charge in [-0.05, 0) is 18.9 Å². The largest absolute Gasteiger partial charge is 0.434 e. The van der Waals surface area contributed by atoms with Gasteiger partial charge < -0.3 is 14.6 Å². The molecule has 3 rings (SSSR count). The summed E-state index contributed by atoms with van der Waals surface area (Å²) in [6, 6.07) is 2.09. The number of hydrogen-bond acceptors (Lipinski definition) is 5. The number of aromatic amines is 1. The number of nitrogens with zero attached hydrogens (tertiary/aromatic N) is 2. The summed E-state index contributed by atoms with van der Waals surface area (Å²) >= 11 is 0. The first-order valence-electron chi connectivity index (χ1n) is 8.88. The van der Waals surface area contributed by atoms with Crippen molar-refractivity contribution in [2.24, 2.45) is 0 Å². The highest BCUT2D eigenvalue weighted by Crippen LogP contribution is 2.27. The van der Waals surface area contributed by atoms with Crippen LogP contribution in [-0.2, 0) is 9.59 Å². The van der Waals surface area contributed by atoms with Crippen LogP contribution in [0.25, 0.3) is 0 Å². The van der Waals surface area contributed by atoms with Crippen LogP contribution in [0.4, 0.5) is 8.78 Å². The highest BCUT2D eigenvalue weighted by molar-refractivity contribution is 5.79. The second-order valence-corrected chi connectivity index (χ2v) is 6.75. The number of carbonyl (C=O) groups excluding carboxylic acids is 2. The zero-order valence-electron chi connectivity index (χ0n) is 15.2. The minimum Gasteiger partial charge on any atom is -0.392 e. The van der Waals surface area contributed by atoms with Crippen LogP contribution in [0.5, 0.6) is 0 Å². The summed E-state index contributed by atoms with van der Waals surface area (Å²) < 4.78 is 32.3. The first-order chi connectivity index (χ1) is 13.3. The van der Waals surface area contributed by atoms with Gasteiger partial charge in [0.15, 0.2) is 0 Å². The van der Waals surface area contributed by atoms with Crippen LogP contribution in [0.15, 0.2) is 27.4 Å². The monoisotopic (exact) mass is 394 g/mol. The molecular formula is C18H20F2N4O4. The van der Waals surface area contributed by atoms with E-state index in [0.29, 0.717) is 32.0 Å². The lowest BCUT2D eigenvalue weighted by atomic mass is 9.96. The minimum absolute atomic E-state index is 0.0387. The van der Waals surface area contributed by atoms with E-state index in [0.717, 1.165) is 6.07 Å². The summed E-state index contributed by atoms with van der Waals surface area (Å²) in [5.41, 5.74) is 0.0387. The molecule has 0 saturated carbocycles. The number of benzene rings is 1. The molecule has 2 unspecified atom stereocenters. The lowest BCUT2D eigenvalue weighted by molar-refractivity contribution is -0.133. The minimum atomic E-state index is -0.922. The summed E-state index contributed by atoms with van der Waals surface area (Å²) in [6.45, 7) is 2.05. The fourth-order valence-electron chi connectivity index (χ4n) is 3.39. The van der Waals surface area contributed by atoms with E-state index < -0.39 is 29.3 Å². The van der Waals surface area contributed by atoms with E-state index in [4.69, 9.17) is 4.42 Å². The molecular weight excluding hydrogens is 374 g/mol. The van der Waals surface area contributed by atoms with Crippen molar-refractivity contribution in [2.75, 3.05) is 13.1 Å². The van der Waals surface area contributed by atoms with Gasteiger partial charge in [0, 0.05) is 31.6 Å². The topological polar surface area (TPSA) is 108 Å². The van der Waals surface area contributed by atoms with E-state index in [-0.39, 0.29) is 29.7 Å². The van der Waals surface area contributed by atoms with E-state index in [1.54, 1.807) is 4.90 Å². The lowest BCUT2D eigenvalue weighted by Gasteiger charge is -2.32. The van der Waals surface area contributed by atoms with Crippen molar-refractivity contribution in [3.05, 3.63) is 51.8 Å². The van der Waals surface area contributed by atoms with E-state index in [9.17, 15) is 23.2 Å². The van der Waals surface area contributed by atoms with Gasteiger partial charge in [-0.1, -0.05) is 6.07 Å². The Morgan fingerprint density at radius 3 is 2.86 bits per heavy atom. The van der Waals surface area contributed by atoms with Crippen molar-refractivity contribution in [3.8, 4) is 0 Å². The van der Waals surface area contributed by atoms with Gasteiger partial charge in [0.2, 0.25) is 17.7 Å². The third-order valence-electron chi connectivity index (χ3n) is 4.67. The predicted octanol–water partition coefficient (Wildman–Crippen LogP) is 1.61. The molecule has 2 atom stereocenters. The van der Waals surface area contributed by atoms with Crippen LogP contribution in [0.3, 0.4) is 0 Å². The van der Waals surface area contributed by atoms with Gasteiger partial charge in [-0.3, -0.25) is 9.59 Å². The molecule has 0 radical (unpaired) electrons. The van der Waals surface area contributed by atoms with Gasteiger partial charge >= 0.3 is 5.76 Å². The van der Waals surface area contributed by atoms with Crippen LogP contribution in [-0.4, -0.2) is 40.0 Å². The fourth-order valence-corrected chi connectivity index (χ4v) is 3.39. The van der Waals surface area contributed by atoms with Crippen molar-refractivity contribution in [2.45, 2.75) is 38.1 Å². The van der Waals surface area contributed by atoms with Crippen molar-refractivity contribution in [1.82, 2.24) is 20.4 Å². The molecule has 2 N–H and O–H groups in total. The van der Waals surface area contributed by atoms with Crippen LogP contribution >= 0.6 is 0 Å². The van der Waals surface area contributed by atoms with Crippen LogP contribution < -0.4 is 11.1 Å². The molecule has 0 spiro atoms. The molecule has 1 aliphatic heterocycles. The molecule has 2 amide bonds. The summed E-state index contributed by atoms with van der Waals surface area (Å²) in [4.78, 5) is 37.0. The van der Waals surface area contributed by atoms with E-state index in [1.807, 2.05) is 0 Å². The molecule has 10 heteroatoms. The molecule has 0 aliphatic carbocycles. The normalized spacial score (nSPS) is 18.0. The van der Waals surface area contributed by atoms with Gasteiger partial charge in [0.05, 0.1) is 18.4 Å². The fraction of sp³-hybridized carbons (Fsp3) is 0.444. The third-order valence-corrected chi connectivity index (χ3v) is 4.67. The zero-order chi connectivity index (χ0) is 20.3. The number of nitrogens with one attached hydrogen (secondary N) is 2. The summed E-state index contributed by atoms with van der Waals surface area (Å²) in [6.07, 6.45) is 1.21. The summed E-state index contributed by atoms with van der Waals surface area (Å²) in [5.74, 6) is -2.95. The number of hydrogen-bond donors (Lipinski definition) is 2. The molecule has 8 nitrogen and oxygen atoms in total. The Kier molecular flexibility index (Phi) is 5.86. The van der Waals surface area contributed by atoms with E-state index >= 15 is 0 Å². The summed E-state index contributed by atoms with van der Waals surface area (Å²) in [7, 11) is 0. The van der Waals surface area contributed by atoms with Crippen molar-refractivity contribution >= 4 is 11.8 Å². The Bertz CT molecular complexity index is 926. The molecule has 1 aromatic heterocycles. The SMILES string of the molecule is CC(=O)NC(CC(=O)N1CCCC(c2n[nH]c(=O)o2)C1)c1ccc(F)cc1F. The number of aromatic nitrogens is 2. The Hall–Kier alpha value is -3.04. The first kappa shape index (κ1) is 19.7. The standard InChI is InChI=1S/C18H20F2N4O4/c1-10(25)21-15(13-5-4-12(19)7-14(13)20)8-16(26)24-6-2-3-11(9-24)17-22-23-18(27)28-17/h4-5,7,11,15H,2-3,6,8-9H2,1H3,(H,21,25)(H,23,27). The predicted molar refractivity (Wildman–Crippen MR) is 93.2 cm³/mol. The highest BCUT2D eigenvalue weighted by Gasteiger charge is 2.30. The quantitative estimate of drug-likeness (QED) is 0.801. The third kappa shape index (κ3) is 4.62. The highest BCUT2D eigenvalue weighted by atomic mass is 19.1. The number of halogens is 2. The Labute approximate surface area is 158 Å². The number of piperidine rings is 1. The number of H-pyrrole nitrogens is 1. The number of rotatable bonds is 5. The van der Waals surface area contributed by atoms with E-state index in [1.165, 1.54) is 13.0 Å². The van der Waals surface area contributed by atoms with Gasteiger partial charge in [0.25, 0.3) is 0 Å². The lowest BCUT2D eigenvalue weighted by Crippen LogP contribution is -2.41. The number of carbonyl (C=O) groups is 2.